The van der Waals surface area contributed by atoms with Gasteiger partial charge >= 0.3 is 0 Å². The van der Waals surface area contributed by atoms with Gasteiger partial charge in [-0.1, -0.05) is 127 Å². The van der Waals surface area contributed by atoms with Crippen LogP contribution in [0.3, 0.4) is 0 Å². The van der Waals surface area contributed by atoms with Crippen molar-refractivity contribution in [2.75, 3.05) is 4.90 Å². The van der Waals surface area contributed by atoms with Gasteiger partial charge in [-0.2, -0.15) is 0 Å². The first kappa shape index (κ1) is 35.8. The number of fused-ring (bicyclic) bond motifs is 3. The predicted octanol–water partition coefficient (Wildman–Crippen LogP) is 14.8. The van der Waals surface area contributed by atoms with Crippen molar-refractivity contribution in [1.29, 1.82) is 0 Å². The van der Waals surface area contributed by atoms with Crippen LogP contribution in [-0.4, -0.2) is 14.5 Å². The van der Waals surface area contributed by atoms with Crippen LogP contribution >= 0.6 is 0 Å². The third kappa shape index (κ3) is 6.51. The Morgan fingerprint density at radius 3 is 1.52 bits per heavy atom. The van der Waals surface area contributed by atoms with Gasteiger partial charge in [-0.3, -0.25) is 0 Å². The maximum Gasteiger partial charge on any atom is 0.185 e. The first-order chi connectivity index (χ1) is 29.7. The second kappa shape index (κ2) is 15.4. The van der Waals surface area contributed by atoms with Gasteiger partial charge in [0.15, 0.2) is 17.2 Å². The van der Waals surface area contributed by atoms with Gasteiger partial charge in [-0.05, 0) is 95.6 Å². The summed E-state index contributed by atoms with van der Waals surface area (Å²) >= 11 is 0. The Morgan fingerprint density at radius 2 is 0.917 bits per heavy atom. The van der Waals surface area contributed by atoms with Gasteiger partial charge in [0.05, 0.1) is 35.6 Å². The lowest BCUT2D eigenvalue weighted by atomic mass is 9.97. The molecular formula is C54H34N6. The van der Waals surface area contributed by atoms with Crippen molar-refractivity contribution in [1.82, 2.24) is 14.5 Å². The molecule has 0 atom stereocenters. The summed E-state index contributed by atoms with van der Waals surface area (Å²) in [5, 5.41) is 2.29. The first-order valence-corrected chi connectivity index (χ1v) is 19.6. The third-order valence-corrected chi connectivity index (χ3v) is 10.8. The van der Waals surface area contributed by atoms with Crippen LogP contribution < -0.4 is 4.90 Å². The second-order valence-electron chi connectivity index (χ2n) is 14.4. The summed E-state index contributed by atoms with van der Waals surface area (Å²) < 4.78 is 2.28. The number of para-hydroxylation sites is 3. The van der Waals surface area contributed by atoms with Gasteiger partial charge < -0.3 is 9.47 Å². The quantitative estimate of drug-likeness (QED) is 0.145. The van der Waals surface area contributed by atoms with Crippen molar-refractivity contribution in [2.24, 2.45) is 0 Å². The van der Waals surface area contributed by atoms with E-state index >= 15 is 0 Å². The molecule has 6 nitrogen and oxygen atoms in total. The largest absolute Gasteiger partial charge is 0.310 e. The molecule has 0 N–H and O–H groups in total. The lowest BCUT2D eigenvalue weighted by Crippen LogP contribution is -2.09. The smallest absolute Gasteiger partial charge is 0.185 e. The Kier molecular flexibility index (Phi) is 9.19. The van der Waals surface area contributed by atoms with E-state index in [-0.39, 0.29) is 0 Å². The van der Waals surface area contributed by atoms with E-state index in [9.17, 15) is 0 Å². The Bertz CT molecular complexity index is 3120. The van der Waals surface area contributed by atoms with Gasteiger partial charge in [0.1, 0.15) is 0 Å². The molecule has 2 aromatic heterocycles. The topological polar surface area (TPSA) is 42.7 Å². The van der Waals surface area contributed by atoms with Gasteiger partial charge in [0, 0.05) is 44.6 Å². The van der Waals surface area contributed by atoms with Crippen LogP contribution in [0.25, 0.3) is 82.2 Å². The molecule has 0 aliphatic rings. The van der Waals surface area contributed by atoms with Gasteiger partial charge in [-0.25, -0.2) is 19.7 Å². The van der Waals surface area contributed by atoms with Crippen molar-refractivity contribution in [3.63, 3.8) is 0 Å². The molecule has 280 valence electrons. The molecular weight excluding hydrogens is 733 g/mol. The summed E-state index contributed by atoms with van der Waals surface area (Å²) in [6.45, 7) is 16.6. The fourth-order valence-electron chi connectivity index (χ4n) is 8.06. The van der Waals surface area contributed by atoms with Crippen molar-refractivity contribution in [2.45, 2.75) is 0 Å². The molecule has 0 saturated carbocycles. The Labute approximate surface area is 348 Å². The number of aromatic nitrogens is 3. The maximum atomic E-state index is 8.29. The fourth-order valence-corrected chi connectivity index (χ4v) is 8.06. The van der Waals surface area contributed by atoms with Gasteiger partial charge in [-0.15, -0.1) is 0 Å². The number of benzene rings is 8. The van der Waals surface area contributed by atoms with Gasteiger partial charge in [0.25, 0.3) is 0 Å². The number of hydrogen-bond donors (Lipinski definition) is 0. The molecule has 0 bridgehead atoms. The van der Waals surface area contributed by atoms with Crippen LogP contribution in [0.1, 0.15) is 0 Å². The highest BCUT2D eigenvalue weighted by atomic mass is 15.1. The summed E-state index contributed by atoms with van der Waals surface area (Å²) in [7, 11) is 0. The van der Waals surface area contributed by atoms with Gasteiger partial charge in [0.2, 0.25) is 0 Å². The first-order valence-electron chi connectivity index (χ1n) is 19.6. The van der Waals surface area contributed by atoms with Crippen LogP contribution in [-0.2, 0) is 0 Å². The van der Waals surface area contributed by atoms with E-state index in [1.54, 1.807) is 0 Å². The van der Waals surface area contributed by atoms with E-state index in [2.05, 4.69) is 122 Å². The van der Waals surface area contributed by atoms with Crippen LogP contribution in [0.2, 0.25) is 0 Å². The van der Waals surface area contributed by atoms with Crippen molar-refractivity contribution in [3.8, 4) is 50.7 Å². The fraction of sp³-hybridized carbons (Fsp3) is 0. The molecule has 0 fully saturated rings. The van der Waals surface area contributed by atoms with E-state index in [1.807, 2.05) is 103 Å². The van der Waals surface area contributed by atoms with E-state index in [0.29, 0.717) is 34.0 Å². The zero-order valence-corrected chi connectivity index (χ0v) is 32.3. The molecule has 8 aromatic carbocycles. The average Bonchev–Trinajstić information content (AvgIpc) is 3.66. The maximum absolute atomic E-state index is 8.29. The van der Waals surface area contributed by atoms with E-state index in [1.165, 1.54) is 0 Å². The van der Waals surface area contributed by atoms with Crippen LogP contribution in [0.4, 0.5) is 28.4 Å². The minimum absolute atomic E-state index is 0.387. The normalized spacial score (nSPS) is 11.0. The average molecular weight is 767 g/mol. The van der Waals surface area contributed by atoms with Crippen LogP contribution in [0, 0.1) is 13.1 Å². The molecule has 10 rings (SSSR count). The molecule has 0 radical (unpaired) electrons. The number of nitrogens with zero attached hydrogens (tertiary/aromatic N) is 6. The summed E-state index contributed by atoms with van der Waals surface area (Å²) in [4.78, 5) is 20.1. The predicted molar refractivity (Wildman–Crippen MR) is 245 cm³/mol. The van der Waals surface area contributed by atoms with E-state index < -0.39 is 0 Å². The molecule has 0 spiro atoms. The molecule has 2 heterocycles. The Balaban J connectivity index is 1.06. The van der Waals surface area contributed by atoms with E-state index in [4.69, 9.17) is 23.1 Å². The molecule has 10 aromatic rings. The zero-order valence-electron chi connectivity index (χ0n) is 32.3. The molecule has 0 amide bonds. The molecule has 60 heavy (non-hydrogen) atoms. The Hall–Kier alpha value is -8.58. The second-order valence-corrected chi connectivity index (χ2v) is 14.4. The monoisotopic (exact) mass is 766 g/mol. The van der Waals surface area contributed by atoms with E-state index in [0.717, 1.165) is 66.9 Å². The van der Waals surface area contributed by atoms with Crippen LogP contribution in [0.5, 0.6) is 0 Å². The summed E-state index contributed by atoms with van der Waals surface area (Å²) in [6, 6.07) is 69.7. The third-order valence-electron chi connectivity index (χ3n) is 10.8. The zero-order chi connectivity index (χ0) is 40.4. The number of rotatable bonds is 8. The Morgan fingerprint density at radius 1 is 0.400 bits per heavy atom. The molecule has 0 aliphatic heterocycles. The standard InChI is InChI=1S/C54H34N6/c1-55-49-33-40(48-36-47(37-17-7-3-8-18-37)57-54(58-48)39-19-9-4-10-20-39)34-50(56-2)53(49)38-27-29-43(30-28-38)60-51-26-16-15-25-45(51)46-35-44(31-32-52(46)60)59(41-21-11-5-12-22-41)42-23-13-6-14-24-42/h3-36H. The van der Waals surface area contributed by atoms with Crippen molar-refractivity contribution >= 4 is 50.2 Å². The summed E-state index contributed by atoms with van der Waals surface area (Å²) in [5.41, 5.74) is 12.5. The minimum Gasteiger partial charge on any atom is -0.310 e. The SMILES string of the molecule is [C-]#[N+]c1cc(-c2cc(-c3ccccc3)nc(-c3ccccc3)n2)cc([N+]#[C-])c1-c1ccc(-n2c3ccccc3c3cc(N(c4ccccc4)c4ccccc4)ccc32)cc1. The highest BCUT2D eigenvalue weighted by Gasteiger charge is 2.20. The van der Waals surface area contributed by atoms with Crippen LogP contribution in [0.15, 0.2) is 206 Å². The summed E-state index contributed by atoms with van der Waals surface area (Å²) in [6.07, 6.45) is 0. The molecule has 0 unspecified atom stereocenters. The number of anilines is 3. The number of hydrogen-bond acceptors (Lipinski definition) is 3. The summed E-state index contributed by atoms with van der Waals surface area (Å²) in [5.74, 6) is 0.575. The van der Waals surface area contributed by atoms with Crippen molar-refractivity contribution < 1.29 is 0 Å². The highest BCUT2D eigenvalue weighted by molar-refractivity contribution is 6.10. The molecule has 0 aliphatic carbocycles. The molecule has 6 heteroatoms. The lowest BCUT2D eigenvalue weighted by molar-refractivity contribution is 1.18. The minimum atomic E-state index is 0.387. The molecule has 0 saturated heterocycles. The highest BCUT2D eigenvalue weighted by Crippen LogP contribution is 2.44. The van der Waals surface area contributed by atoms with Crippen molar-refractivity contribution in [3.05, 3.63) is 229 Å². The lowest BCUT2D eigenvalue weighted by Gasteiger charge is -2.25.